The molecule has 0 fully saturated rings. The van der Waals surface area contributed by atoms with E-state index in [0.29, 0.717) is 18.8 Å². The lowest BCUT2D eigenvalue weighted by molar-refractivity contribution is -0.689. The predicted octanol–water partition coefficient (Wildman–Crippen LogP) is 19.1. The van der Waals surface area contributed by atoms with Gasteiger partial charge in [0.1, 0.15) is 6.15 Å². The molecule has 91 heavy (non-hydrogen) atoms. The van der Waals surface area contributed by atoms with Crippen molar-refractivity contribution in [3.63, 3.8) is 0 Å². The largest absolute Gasteiger partial charge is 0.461 e. The fraction of sp³-hybridized carbons (Fsp3) is 0.435. The Bertz CT molecular complexity index is 2870. The fourth-order valence-corrected chi connectivity index (χ4v) is 10.4. The third-order valence-electron chi connectivity index (χ3n) is 14.8. The number of esters is 1. The van der Waals surface area contributed by atoms with Crippen LogP contribution in [0.25, 0.3) is 0 Å². The van der Waals surface area contributed by atoms with E-state index in [-0.39, 0.29) is 5.97 Å². The monoisotopic (exact) mass is 1330 g/mol. The molecule has 0 radical (unpaired) electrons. The summed E-state index contributed by atoms with van der Waals surface area (Å²) in [6.45, 7) is 3.47. The number of alkyl halides is 24. The topological polar surface area (TPSA) is 43.1 Å². The number of unbranched alkanes of at least 4 members (excludes halogenated alkanes) is 15. The predicted molar refractivity (Wildman–Crippen MR) is 290 cm³/mol. The van der Waals surface area contributed by atoms with Crippen LogP contribution in [0.4, 0.5) is 105 Å². The third-order valence-corrected chi connectivity index (χ3v) is 14.8. The van der Waals surface area contributed by atoms with E-state index in [9.17, 15) is 110 Å². The number of nitrogens with zero attached hydrogens (tertiary/aromatic N) is 2. The summed E-state index contributed by atoms with van der Waals surface area (Å²) in [5, 5.41) is 0. The van der Waals surface area contributed by atoms with Crippen molar-refractivity contribution in [3.05, 3.63) is 177 Å². The van der Waals surface area contributed by atoms with Gasteiger partial charge in [0.15, 0.2) is 12.7 Å². The summed E-state index contributed by atoms with van der Waals surface area (Å²) in [5.74, 6) is -0.330. The quantitative estimate of drug-likeness (QED) is 0.0199. The van der Waals surface area contributed by atoms with Gasteiger partial charge >= 0.3 is 55.4 Å². The Labute approximate surface area is 506 Å². The summed E-state index contributed by atoms with van der Waals surface area (Å²) in [7, 11) is 0. The molecule has 0 unspecified atom stereocenters. The smallest absolute Gasteiger partial charge is 0.416 e. The van der Waals surface area contributed by atoms with E-state index < -0.39 is 195 Å². The molecule has 0 atom stereocenters. The second-order valence-electron chi connectivity index (χ2n) is 21.8. The lowest BCUT2D eigenvalue weighted by Gasteiger charge is -2.46. The first-order valence-corrected chi connectivity index (χ1v) is 28.5. The number of ether oxygens (including phenoxy) is 1. The van der Waals surface area contributed by atoms with Gasteiger partial charge in [-0.25, -0.2) is 9.78 Å². The van der Waals surface area contributed by atoms with E-state index >= 15 is 0 Å². The fourth-order valence-electron chi connectivity index (χ4n) is 10.4. The zero-order valence-corrected chi connectivity index (χ0v) is 48.1. The van der Waals surface area contributed by atoms with Gasteiger partial charge in [-0.15, -0.1) is 0 Å². The van der Waals surface area contributed by atoms with Crippen LogP contribution < -0.4 is 26.4 Å². The van der Waals surface area contributed by atoms with Gasteiger partial charge in [-0.2, -0.15) is 132 Å². The van der Waals surface area contributed by atoms with Crippen molar-refractivity contribution >= 4 is 34.0 Å². The molecule has 0 spiro atoms. The number of rotatable bonds is 24. The highest BCUT2D eigenvalue weighted by Gasteiger charge is 2.47. The molecule has 500 valence electrons. The van der Waals surface area contributed by atoms with Crippen LogP contribution in [0.15, 0.2) is 122 Å². The molecule has 29 heteroatoms. The summed E-state index contributed by atoms with van der Waals surface area (Å²) in [4.78, 5) is 16.5. The van der Waals surface area contributed by atoms with Crippen LogP contribution in [0.5, 0.6) is 0 Å². The lowest BCUT2D eigenvalue weighted by atomic mass is 9.12. The summed E-state index contributed by atoms with van der Waals surface area (Å²) in [5.41, 5.74) is -28.6. The third kappa shape index (κ3) is 21.8. The Kier molecular flexibility index (Phi) is 25.2. The molecular weight excluding hydrogens is 1270 g/mol. The van der Waals surface area contributed by atoms with E-state index in [0.717, 1.165) is 12.8 Å². The van der Waals surface area contributed by atoms with Crippen molar-refractivity contribution in [2.75, 3.05) is 6.61 Å². The van der Waals surface area contributed by atoms with Gasteiger partial charge in [-0.3, -0.25) is 0 Å². The van der Waals surface area contributed by atoms with E-state index in [2.05, 4.69) is 24.0 Å². The van der Waals surface area contributed by atoms with E-state index in [1.54, 1.807) is 12.4 Å². The van der Waals surface area contributed by atoms with Crippen LogP contribution in [0, 0.1) is 0 Å². The molecule has 1 aromatic heterocycles. The maximum absolute atomic E-state index is 14.2. The Morgan fingerprint density at radius 2 is 0.648 bits per heavy atom. The molecule has 6 rings (SSSR count). The molecular formula is C62H59BF24N2O2. The van der Waals surface area contributed by atoms with Gasteiger partial charge in [-0.1, -0.05) is 182 Å². The van der Waals surface area contributed by atoms with Crippen LogP contribution in [0.1, 0.15) is 170 Å². The number of carbonyl (C=O) groups is 1. The SMILES string of the molecule is CCCCCCCCCCCCCCCCCCOC(=O)c1c[n+](Cc2ccccc2)ccn1.FC(F)(F)c1cc([B-](c2cc(C(F)(F)F)cc(C(F)(F)F)c2)(c2cc(C(F)(F)F)cc(C(F)(F)F)c2)c2cc(C(F)(F)F)cc(C(F)(F)F)c2)cc(C(F)(F)F)c1. The zero-order valence-electron chi connectivity index (χ0n) is 48.1. The Balaban J connectivity index is 0.000000377. The molecule has 0 amide bonds. The van der Waals surface area contributed by atoms with Gasteiger partial charge in [0.05, 0.1) is 57.3 Å². The standard InChI is InChI=1S/C32H12BF24.C30H47N2O2/c34-25(35,36)13-1-14(26(37,38)39)6-21(5-13)33(22-7-15(27(40,41)42)2-16(8-22)28(43,44)45,23-9-17(29(46,47)48)3-18(10-23)30(49,50)51)24-11-19(31(52,53)54)4-20(12-24)32(55,56)57;1-2-3-4-5-6-7-8-9-10-11-12-13-14-15-16-20-25-34-30(33)29-27-32(24-23-31-29)26-28-21-18-17-19-22-28/h1-12H;17-19,21-24,27H,2-16,20,25-26H2,1H3/q-1;+1. The van der Waals surface area contributed by atoms with Crippen molar-refractivity contribution < 1.29 is 119 Å². The average molecular weight is 1330 g/mol. The maximum Gasteiger partial charge on any atom is 0.416 e. The Hall–Kier alpha value is -6.97. The maximum atomic E-state index is 14.2. The summed E-state index contributed by atoms with van der Waals surface area (Å²) < 4.78 is 348. The van der Waals surface area contributed by atoms with Crippen LogP contribution in [-0.4, -0.2) is 23.7 Å². The van der Waals surface area contributed by atoms with E-state index in [4.69, 9.17) is 4.74 Å². The van der Waals surface area contributed by atoms with E-state index in [1.165, 1.54) is 95.5 Å². The molecule has 0 bridgehead atoms. The van der Waals surface area contributed by atoms with Crippen molar-refractivity contribution in [2.45, 2.75) is 166 Å². The number of hydrogen-bond acceptors (Lipinski definition) is 3. The molecule has 0 N–H and O–H groups in total. The highest BCUT2D eigenvalue weighted by Crippen LogP contribution is 2.42. The summed E-state index contributed by atoms with van der Waals surface area (Å²) in [6, 6.07) is 1.37. The minimum Gasteiger partial charge on any atom is -0.461 e. The summed E-state index contributed by atoms with van der Waals surface area (Å²) >= 11 is 0. The molecule has 1 heterocycles. The molecule has 5 aromatic carbocycles. The second-order valence-corrected chi connectivity index (χ2v) is 21.8. The molecule has 0 aliphatic rings. The normalized spacial score (nSPS) is 13.1. The number of carbonyl (C=O) groups excluding carboxylic acids is 1. The van der Waals surface area contributed by atoms with Crippen LogP contribution in [0.3, 0.4) is 0 Å². The second kappa shape index (κ2) is 30.6. The molecule has 0 aliphatic heterocycles. The molecule has 4 nitrogen and oxygen atoms in total. The van der Waals surface area contributed by atoms with Crippen molar-refractivity contribution in [3.8, 4) is 0 Å². The number of benzene rings is 5. The van der Waals surface area contributed by atoms with Crippen LogP contribution in [0.2, 0.25) is 0 Å². The van der Waals surface area contributed by atoms with Crippen LogP contribution >= 0.6 is 0 Å². The first kappa shape index (κ1) is 74.8. The minimum absolute atomic E-state index is 0.330. The molecule has 0 aliphatic carbocycles. The van der Waals surface area contributed by atoms with Gasteiger partial charge in [0, 0.05) is 5.56 Å². The average Bonchev–Trinajstić information content (AvgIpc) is 0.710. The summed E-state index contributed by atoms with van der Waals surface area (Å²) in [6.07, 6.45) is -28.1. The minimum atomic E-state index is -6.13. The first-order valence-electron chi connectivity index (χ1n) is 28.5. The van der Waals surface area contributed by atoms with Crippen molar-refractivity contribution in [2.24, 2.45) is 0 Å². The Morgan fingerprint density at radius 3 is 0.912 bits per heavy atom. The number of hydrogen-bond donors (Lipinski definition) is 0. The lowest BCUT2D eigenvalue weighted by Crippen LogP contribution is -2.75. The number of aromatic nitrogens is 2. The van der Waals surface area contributed by atoms with Crippen molar-refractivity contribution in [1.82, 2.24) is 4.98 Å². The van der Waals surface area contributed by atoms with Gasteiger partial charge in [-0.05, 0) is 30.7 Å². The van der Waals surface area contributed by atoms with Gasteiger partial charge < -0.3 is 4.74 Å². The van der Waals surface area contributed by atoms with Crippen molar-refractivity contribution in [1.29, 1.82) is 0 Å². The van der Waals surface area contributed by atoms with Gasteiger partial charge in [0.25, 0.3) is 0 Å². The molecule has 6 aromatic rings. The zero-order chi connectivity index (χ0) is 68.0. The molecule has 0 saturated heterocycles. The van der Waals surface area contributed by atoms with Crippen LogP contribution in [-0.2, 0) is 60.7 Å². The highest BCUT2D eigenvalue weighted by molar-refractivity contribution is 7.20. The number of halogens is 24. The molecule has 0 saturated carbocycles. The highest BCUT2D eigenvalue weighted by atomic mass is 19.4. The van der Waals surface area contributed by atoms with E-state index in [1.807, 2.05) is 29.0 Å². The first-order chi connectivity index (χ1) is 42.1. The Morgan fingerprint density at radius 1 is 0.385 bits per heavy atom. The van der Waals surface area contributed by atoms with Gasteiger partial charge in [0.2, 0.25) is 11.9 Å².